The Morgan fingerprint density at radius 2 is 2.11 bits per heavy atom. The van der Waals surface area contributed by atoms with Gasteiger partial charge in [0.05, 0.1) is 13.2 Å². The third-order valence-corrected chi connectivity index (χ3v) is 1.12. The topological polar surface area (TPSA) is 44.5 Å². The van der Waals surface area contributed by atoms with E-state index in [4.69, 9.17) is 15.2 Å². The van der Waals surface area contributed by atoms with E-state index in [0.29, 0.717) is 25.3 Å². The minimum Gasteiger partial charge on any atom is -0.402 e. The van der Waals surface area contributed by atoms with E-state index in [2.05, 4.69) is 6.58 Å². The zero-order valence-electron chi connectivity index (χ0n) is 5.30. The Bertz CT molecular complexity index is 108. The van der Waals surface area contributed by atoms with Crippen LogP contribution >= 0.6 is 0 Å². The SMILES string of the molecule is C=C(N)CC1OCCO1. The average Bonchev–Trinajstić information content (AvgIpc) is 2.15. The molecular formula is C6H11NO2. The van der Waals surface area contributed by atoms with Gasteiger partial charge in [-0.3, -0.25) is 0 Å². The van der Waals surface area contributed by atoms with Gasteiger partial charge in [0.25, 0.3) is 0 Å². The molecule has 3 heteroatoms. The summed E-state index contributed by atoms with van der Waals surface area (Å²) in [5.41, 5.74) is 5.93. The number of rotatable bonds is 2. The van der Waals surface area contributed by atoms with E-state index in [9.17, 15) is 0 Å². The Kier molecular flexibility index (Phi) is 2.08. The number of ether oxygens (including phenoxy) is 2. The van der Waals surface area contributed by atoms with Crippen molar-refractivity contribution in [1.29, 1.82) is 0 Å². The zero-order valence-corrected chi connectivity index (χ0v) is 5.30. The minimum absolute atomic E-state index is 0.137. The molecule has 0 saturated carbocycles. The van der Waals surface area contributed by atoms with E-state index in [1.54, 1.807) is 0 Å². The first kappa shape index (κ1) is 6.58. The van der Waals surface area contributed by atoms with Crippen LogP contribution in [0.4, 0.5) is 0 Å². The first-order valence-electron chi connectivity index (χ1n) is 2.95. The molecule has 0 spiro atoms. The highest BCUT2D eigenvalue weighted by atomic mass is 16.7. The normalized spacial score (nSPS) is 20.4. The van der Waals surface area contributed by atoms with Crippen LogP contribution in [0.2, 0.25) is 0 Å². The molecule has 1 aliphatic heterocycles. The van der Waals surface area contributed by atoms with E-state index in [0.717, 1.165) is 0 Å². The van der Waals surface area contributed by atoms with Gasteiger partial charge in [-0.15, -0.1) is 0 Å². The molecule has 0 aromatic heterocycles. The summed E-state index contributed by atoms with van der Waals surface area (Å²) in [4.78, 5) is 0. The molecule has 0 unspecified atom stereocenters. The van der Waals surface area contributed by atoms with Gasteiger partial charge < -0.3 is 15.2 Å². The summed E-state index contributed by atoms with van der Waals surface area (Å²) >= 11 is 0. The lowest BCUT2D eigenvalue weighted by Gasteiger charge is -2.06. The Hall–Kier alpha value is -0.540. The van der Waals surface area contributed by atoms with Gasteiger partial charge in [-0.25, -0.2) is 0 Å². The maximum atomic E-state index is 5.32. The van der Waals surface area contributed by atoms with Gasteiger partial charge in [0.2, 0.25) is 0 Å². The molecule has 0 amide bonds. The van der Waals surface area contributed by atoms with Gasteiger partial charge in [-0.05, 0) is 0 Å². The van der Waals surface area contributed by atoms with E-state index in [-0.39, 0.29) is 6.29 Å². The largest absolute Gasteiger partial charge is 0.402 e. The van der Waals surface area contributed by atoms with Gasteiger partial charge in [0.15, 0.2) is 6.29 Å². The molecule has 1 saturated heterocycles. The molecule has 3 nitrogen and oxygen atoms in total. The van der Waals surface area contributed by atoms with Gasteiger partial charge in [0.1, 0.15) is 0 Å². The third-order valence-electron chi connectivity index (χ3n) is 1.12. The smallest absolute Gasteiger partial charge is 0.163 e. The van der Waals surface area contributed by atoms with Crippen LogP contribution in [-0.4, -0.2) is 19.5 Å². The van der Waals surface area contributed by atoms with Gasteiger partial charge >= 0.3 is 0 Å². The molecule has 2 N–H and O–H groups in total. The predicted octanol–water partition coefficient (Wildman–Crippen LogP) is 0.222. The van der Waals surface area contributed by atoms with Crippen LogP contribution in [0.3, 0.4) is 0 Å². The number of hydrogen-bond donors (Lipinski definition) is 1. The Labute approximate surface area is 54.4 Å². The van der Waals surface area contributed by atoms with E-state index >= 15 is 0 Å². The first-order chi connectivity index (χ1) is 4.29. The van der Waals surface area contributed by atoms with Crippen molar-refractivity contribution in [2.45, 2.75) is 12.7 Å². The van der Waals surface area contributed by atoms with Crippen LogP contribution in [-0.2, 0) is 9.47 Å². The lowest BCUT2D eigenvalue weighted by atomic mass is 10.3. The monoisotopic (exact) mass is 129 g/mol. The molecule has 1 heterocycles. The number of nitrogens with two attached hydrogens (primary N) is 1. The lowest BCUT2D eigenvalue weighted by molar-refractivity contribution is -0.0400. The summed E-state index contributed by atoms with van der Waals surface area (Å²) < 4.78 is 10.2. The van der Waals surface area contributed by atoms with Crippen LogP contribution < -0.4 is 5.73 Å². The fourth-order valence-electron chi connectivity index (χ4n) is 0.739. The second kappa shape index (κ2) is 2.85. The van der Waals surface area contributed by atoms with E-state index in [1.165, 1.54) is 0 Å². The van der Waals surface area contributed by atoms with Crippen molar-refractivity contribution in [3.05, 3.63) is 12.3 Å². The quantitative estimate of drug-likeness (QED) is 0.580. The molecule has 9 heavy (non-hydrogen) atoms. The van der Waals surface area contributed by atoms with Crippen molar-refractivity contribution in [2.24, 2.45) is 5.73 Å². The van der Waals surface area contributed by atoms with Crippen molar-refractivity contribution >= 4 is 0 Å². The van der Waals surface area contributed by atoms with Crippen LogP contribution in [0.15, 0.2) is 12.3 Å². The van der Waals surface area contributed by atoms with Crippen LogP contribution in [0.1, 0.15) is 6.42 Å². The molecule has 1 aliphatic rings. The second-order valence-electron chi connectivity index (χ2n) is 2.03. The molecule has 0 atom stereocenters. The molecule has 1 fully saturated rings. The van der Waals surface area contributed by atoms with Crippen molar-refractivity contribution in [3.8, 4) is 0 Å². The summed E-state index contributed by atoms with van der Waals surface area (Å²) in [5.74, 6) is 0. The van der Waals surface area contributed by atoms with Gasteiger partial charge in [-0.2, -0.15) is 0 Å². The summed E-state index contributed by atoms with van der Waals surface area (Å²) in [6, 6.07) is 0. The lowest BCUT2D eigenvalue weighted by Crippen LogP contribution is -2.11. The third kappa shape index (κ3) is 2.03. The maximum Gasteiger partial charge on any atom is 0.163 e. The predicted molar refractivity (Wildman–Crippen MR) is 33.6 cm³/mol. The Morgan fingerprint density at radius 3 is 2.56 bits per heavy atom. The minimum atomic E-state index is -0.137. The summed E-state index contributed by atoms with van der Waals surface area (Å²) in [6.45, 7) is 4.89. The van der Waals surface area contributed by atoms with Crippen LogP contribution in [0.25, 0.3) is 0 Å². The van der Waals surface area contributed by atoms with Crippen LogP contribution in [0, 0.1) is 0 Å². The van der Waals surface area contributed by atoms with E-state index in [1.807, 2.05) is 0 Å². The highest BCUT2D eigenvalue weighted by Crippen LogP contribution is 2.09. The maximum absolute atomic E-state index is 5.32. The summed E-state index contributed by atoms with van der Waals surface area (Å²) in [5, 5.41) is 0. The molecule has 0 radical (unpaired) electrons. The Morgan fingerprint density at radius 1 is 1.56 bits per heavy atom. The summed E-state index contributed by atoms with van der Waals surface area (Å²) in [6.07, 6.45) is 0.475. The molecule has 0 aromatic carbocycles. The standard InChI is InChI=1S/C6H11NO2/c1-5(7)4-6-8-2-3-9-6/h6H,1-4,7H2. The molecule has 0 aliphatic carbocycles. The zero-order chi connectivity index (χ0) is 6.69. The molecule has 0 bridgehead atoms. The van der Waals surface area contributed by atoms with Crippen LogP contribution in [0.5, 0.6) is 0 Å². The fraction of sp³-hybridized carbons (Fsp3) is 0.667. The number of hydrogen-bond acceptors (Lipinski definition) is 3. The highest BCUT2D eigenvalue weighted by Gasteiger charge is 2.15. The molecule has 0 aromatic rings. The Balaban J connectivity index is 2.19. The van der Waals surface area contributed by atoms with Crippen molar-refractivity contribution < 1.29 is 9.47 Å². The van der Waals surface area contributed by atoms with Crippen molar-refractivity contribution in [1.82, 2.24) is 0 Å². The molecular weight excluding hydrogens is 118 g/mol. The van der Waals surface area contributed by atoms with Gasteiger partial charge in [-0.1, -0.05) is 6.58 Å². The van der Waals surface area contributed by atoms with Crippen molar-refractivity contribution in [3.63, 3.8) is 0 Å². The first-order valence-corrected chi connectivity index (χ1v) is 2.95. The summed E-state index contributed by atoms with van der Waals surface area (Å²) in [7, 11) is 0. The highest BCUT2D eigenvalue weighted by molar-refractivity contribution is 4.87. The molecule has 52 valence electrons. The second-order valence-corrected chi connectivity index (χ2v) is 2.03. The fourth-order valence-corrected chi connectivity index (χ4v) is 0.739. The van der Waals surface area contributed by atoms with E-state index < -0.39 is 0 Å². The van der Waals surface area contributed by atoms with Gasteiger partial charge in [0, 0.05) is 12.1 Å². The molecule has 1 rings (SSSR count). The van der Waals surface area contributed by atoms with Crippen molar-refractivity contribution in [2.75, 3.05) is 13.2 Å². The average molecular weight is 129 g/mol.